The van der Waals surface area contributed by atoms with Gasteiger partial charge >= 0.3 is 12.1 Å². The predicted molar refractivity (Wildman–Crippen MR) is 107 cm³/mol. The number of fused-ring (bicyclic) bond motifs is 3. The van der Waals surface area contributed by atoms with Gasteiger partial charge in [0.15, 0.2) is 11.0 Å². The third-order valence-corrected chi connectivity index (χ3v) is 6.58. The Morgan fingerprint density at radius 2 is 1.84 bits per heavy atom. The van der Waals surface area contributed by atoms with Gasteiger partial charge in [0, 0.05) is 23.4 Å². The average Bonchev–Trinajstić information content (AvgIpc) is 3.23. The van der Waals surface area contributed by atoms with Crippen LogP contribution in [0.5, 0.6) is 0 Å². The lowest BCUT2D eigenvalue weighted by atomic mass is 10.2. The molecule has 4 rings (SSSR count). The predicted octanol–water partition coefficient (Wildman–Crippen LogP) is 4.20. The summed E-state index contributed by atoms with van der Waals surface area (Å²) in [6.07, 6.45) is -5.27. The Kier molecular flexibility index (Phi) is 5.20. The van der Waals surface area contributed by atoms with Gasteiger partial charge in [0.2, 0.25) is 5.91 Å². The molecule has 2 aromatic rings. The van der Waals surface area contributed by atoms with Crippen molar-refractivity contribution in [2.75, 3.05) is 10.2 Å². The van der Waals surface area contributed by atoms with Crippen molar-refractivity contribution in [3.05, 3.63) is 54.1 Å². The van der Waals surface area contributed by atoms with Crippen molar-refractivity contribution in [2.45, 2.75) is 41.8 Å². The minimum atomic E-state index is -4.48. The van der Waals surface area contributed by atoms with Gasteiger partial charge < -0.3 is 10.1 Å². The van der Waals surface area contributed by atoms with Gasteiger partial charge in [0.25, 0.3) is 5.91 Å². The Morgan fingerprint density at radius 1 is 1.16 bits per heavy atom. The third-order valence-electron chi connectivity index (χ3n) is 5.13. The molecule has 0 spiro atoms. The van der Waals surface area contributed by atoms with Crippen LogP contribution < -0.4 is 10.2 Å². The van der Waals surface area contributed by atoms with Crippen molar-refractivity contribution in [3.8, 4) is 0 Å². The van der Waals surface area contributed by atoms with E-state index in [-0.39, 0.29) is 24.4 Å². The fourth-order valence-electron chi connectivity index (χ4n) is 3.56. The highest BCUT2D eigenvalue weighted by atomic mass is 32.2. The molecule has 0 bridgehead atoms. The van der Waals surface area contributed by atoms with Crippen molar-refractivity contribution < 1.29 is 32.3 Å². The van der Waals surface area contributed by atoms with Crippen LogP contribution in [0.4, 0.5) is 24.5 Å². The molecule has 0 unspecified atom stereocenters. The Hall–Kier alpha value is -3.01. The molecule has 0 aliphatic carbocycles. The topological polar surface area (TPSA) is 75.7 Å². The number of benzene rings is 2. The molecule has 2 aliphatic heterocycles. The molecule has 6 nitrogen and oxygen atoms in total. The van der Waals surface area contributed by atoms with E-state index in [1.54, 1.807) is 24.3 Å². The summed E-state index contributed by atoms with van der Waals surface area (Å²) in [7, 11) is 0. The first-order valence-corrected chi connectivity index (χ1v) is 10.2. The van der Waals surface area contributed by atoms with Crippen molar-refractivity contribution >= 4 is 40.9 Å². The number of halogens is 3. The number of esters is 1. The fourth-order valence-corrected chi connectivity index (χ4v) is 4.97. The molecule has 10 heteroatoms. The molecule has 1 fully saturated rings. The van der Waals surface area contributed by atoms with Gasteiger partial charge in [-0.2, -0.15) is 13.2 Å². The lowest BCUT2D eigenvalue weighted by molar-refractivity contribution is -0.155. The monoisotopic (exact) mass is 450 g/mol. The molecule has 2 heterocycles. The zero-order chi connectivity index (χ0) is 22.4. The average molecular weight is 450 g/mol. The number of carbonyl (C=O) groups is 3. The number of amides is 2. The van der Waals surface area contributed by atoms with E-state index < -0.39 is 34.6 Å². The van der Waals surface area contributed by atoms with Crippen molar-refractivity contribution in [2.24, 2.45) is 0 Å². The molecular weight excluding hydrogens is 433 g/mol. The van der Waals surface area contributed by atoms with Crippen LogP contribution >= 0.6 is 11.8 Å². The van der Waals surface area contributed by atoms with Gasteiger partial charge in [-0.15, -0.1) is 0 Å². The third kappa shape index (κ3) is 3.76. The fraction of sp³-hybridized carbons (Fsp3) is 0.286. The van der Waals surface area contributed by atoms with Crippen LogP contribution in [0, 0.1) is 0 Å². The number of carbonyl (C=O) groups excluding carboxylic acids is 3. The number of nitrogens with one attached hydrogen (secondary N) is 1. The van der Waals surface area contributed by atoms with Gasteiger partial charge in [0.05, 0.1) is 11.3 Å². The normalized spacial score (nSPS) is 20.8. The number of hydrogen-bond donors (Lipinski definition) is 1. The minimum Gasteiger partial charge on any atom is -0.450 e. The van der Waals surface area contributed by atoms with Crippen molar-refractivity contribution in [3.63, 3.8) is 0 Å². The number of rotatable bonds is 4. The summed E-state index contributed by atoms with van der Waals surface area (Å²) in [5, 5.41) is 2.43. The number of hydrogen-bond acceptors (Lipinski definition) is 5. The molecule has 0 saturated carbocycles. The molecule has 2 amide bonds. The maximum atomic E-state index is 13.0. The Bertz CT molecular complexity index is 1060. The molecule has 2 aliphatic rings. The van der Waals surface area contributed by atoms with Gasteiger partial charge in [-0.05, 0) is 43.3 Å². The van der Waals surface area contributed by atoms with E-state index in [2.05, 4.69) is 5.32 Å². The van der Waals surface area contributed by atoms with Gasteiger partial charge in [-0.25, -0.2) is 4.79 Å². The van der Waals surface area contributed by atoms with Gasteiger partial charge in [0.1, 0.15) is 0 Å². The summed E-state index contributed by atoms with van der Waals surface area (Å²) in [5.41, 5.74) is -0.0684. The SMILES string of the molecule is C[C@@H](OC(=O)[C@]12CCC(=O)N1c1ccccc1S2)C(=O)Nc1ccc(C(F)(F)F)cc1. The summed E-state index contributed by atoms with van der Waals surface area (Å²) in [4.78, 5) is 38.8. The zero-order valence-corrected chi connectivity index (χ0v) is 17.0. The van der Waals surface area contributed by atoms with Crippen LogP contribution in [0.15, 0.2) is 53.4 Å². The molecule has 1 saturated heterocycles. The first kappa shape index (κ1) is 21.2. The molecule has 2 atom stereocenters. The van der Waals surface area contributed by atoms with Crippen molar-refractivity contribution in [1.29, 1.82) is 0 Å². The molecule has 0 aromatic heterocycles. The number of para-hydroxylation sites is 1. The Balaban J connectivity index is 1.45. The second-order valence-corrected chi connectivity index (χ2v) is 8.51. The second-order valence-electron chi connectivity index (χ2n) is 7.20. The minimum absolute atomic E-state index is 0.138. The van der Waals surface area contributed by atoms with Gasteiger partial charge in [-0.1, -0.05) is 23.9 Å². The van der Waals surface area contributed by atoms with E-state index in [1.165, 1.54) is 23.6 Å². The first-order valence-electron chi connectivity index (χ1n) is 9.42. The second kappa shape index (κ2) is 7.60. The van der Waals surface area contributed by atoms with Crippen LogP contribution in [0.25, 0.3) is 0 Å². The van der Waals surface area contributed by atoms with Gasteiger partial charge in [-0.3, -0.25) is 14.5 Å². The van der Waals surface area contributed by atoms with E-state index >= 15 is 0 Å². The van der Waals surface area contributed by atoms with Crippen LogP contribution in [0.1, 0.15) is 25.3 Å². The molecule has 2 aromatic carbocycles. The first-order chi connectivity index (χ1) is 14.6. The van der Waals surface area contributed by atoms with E-state index in [9.17, 15) is 27.6 Å². The zero-order valence-electron chi connectivity index (χ0n) is 16.2. The number of anilines is 2. The highest BCUT2D eigenvalue weighted by molar-refractivity contribution is 8.02. The van der Waals surface area contributed by atoms with Crippen LogP contribution in [0.3, 0.4) is 0 Å². The molecule has 31 heavy (non-hydrogen) atoms. The van der Waals surface area contributed by atoms with Crippen LogP contribution in [-0.4, -0.2) is 28.8 Å². The molecule has 0 radical (unpaired) electrons. The highest BCUT2D eigenvalue weighted by Gasteiger charge is 2.59. The molecule has 162 valence electrons. The lowest BCUT2D eigenvalue weighted by Gasteiger charge is -2.29. The quantitative estimate of drug-likeness (QED) is 0.707. The number of ether oxygens (including phenoxy) is 1. The largest absolute Gasteiger partial charge is 0.450 e. The number of thioether (sulfide) groups is 1. The Morgan fingerprint density at radius 3 is 2.52 bits per heavy atom. The molecular formula is C21H17F3N2O4S. The maximum Gasteiger partial charge on any atom is 0.416 e. The lowest BCUT2D eigenvalue weighted by Crippen LogP contribution is -2.49. The highest BCUT2D eigenvalue weighted by Crippen LogP contribution is 2.56. The van der Waals surface area contributed by atoms with E-state index in [1.807, 2.05) is 0 Å². The summed E-state index contributed by atoms with van der Waals surface area (Å²) >= 11 is 1.22. The molecule has 1 N–H and O–H groups in total. The van der Waals surface area contributed by atoms with Crippen LogP contribution in [0.2, 0.25) is 0 Å². The summed E-state index contributed by atoms with van der Waals surface area (Å²) in [6, 6.07) is 11.1. The van der Waals surface area contributed by atoms with E-state index in [0.717, 1.165) is 29.2 Å². The maximum absolute atomic E-state index is 13.0. The summed E-state index contributed by atoms with van der Waals surface area (Å²) < 4.78 is 43.4. The summed E-state index contributed by atoms with van der Waals surface area (Å²) in [5.74, 6) is -1.60. The number of alkyl halides is 3. The van der Waals surface area contributed by atoms with Crippen molar-refractivity contribution in [1.82, 2.24) is 0 Å². The standard InChI is InChI=1S/C21H17F3N2O4S/c1-12(18(28)25-14-8-6-13(7-9-14)21(22,23)24)30-19(29)20-11-10-17(27)26(20)15-4-2-3-5-16(15)31-20/h2-9,12H,10-11H2,1H3,(H,25,28)/t12-,20-/m1/s1. The smallest absolute Gasteiger partial charge is 0.416 e. The summed E-state index contributed by atoms with van der Waals surface area (Å²) in [6.45, 7) is 1.36. The van der Waals surface area contributed by atoms with E-state index in [0.29, 0.717) is 5.69 Å². The van der Waals surface area contributed by atoms with E-state index in [4.69, 9.17) is 4.74 Å². The van der Waals surface area contributed by atoms with Crippen LogP contribution in [-0.2, 0) is 25.3 Å². The Labute approximate surface area is 179 Å². The number of nitrogens with zero attached hydrogens (tertiary/aromatic N) is 1.